The maximum absolute atomic E-state index is 12.9. The van der Waals surface area contributed by atoms with E-state index in [0.29, 0.717) is 5.75 Å². The van der Waals surface area contributed by atoms with Crippen molar-refractivity contribution in [3.8, 4) is 17.0 Å². The fourth-order valence-electron chi connectivity index (χ4n) is 3.12. The van der Waals surface area contributed by atoms with Crippen LogP contribution in [0.2, 0.25) is 0 Å². The summed E-state index contributed by atoms with van der Waals surface area (Å²) in [6, 6.07) is 9.52. The van der Waals surface area contributed by atoms with Gasteiger partial charge in [0.05, 0.1) is 23.1 Å². The highest BCUT2D eigenvalue weighted by molar-refractivity contribution is 6.62. The molecule has 1 aromatic carbocycles. The molecule has 0 radical (unpaired) electrons. The minimum atomic E-state index is -2.88. The van der Waals surface area contributed by atoms with E-state index in [4.69, 9.17) is 14.0 Å². The van der Waals surface area contributed by atoms with E-state index in [2.05, 4.69) is 18.0 Å². The molecule has 0 bridgehead atoms. The average Bonchev–Trinajstić information content (AvgIpc) is 2.87. The predicted octanol–water partition coefficient (Wildman–Crippen LogP) is 4.64. The second kappa shape index (κ2) is 7.69. The van der Waals surface area contributed by atoms with Crippen LogP contribution in [-0.4, -0.2) is 35.8 Å². The van der Waals surface area contributed by atoms with Gasteiger partial charge in [-0.2, -0.15) is 0 Å². The first kappa shape index (κ1) is 21.7. The highest BCUT2D eigenvalue weighted by Gasteiger charge is 2.51. The number of nitrogens with zero attached hydrogens (tertiary/aromatic N) is 1. The van der Waals surface area contributed by atoms with E-state index < -0.39 is 30.8 Å². The predicted molar refractivity (Wildman–Crippen MR) is 111 cm³/mol. The smallest absolute Gasteiger partial charge is 0.486 e. The van der Waals surface area contributed by atoms with Crippen LogP contribution in [0.15, 0.2) is 36.5 Å². The van der Waals surface area contributed by atoms with Crippen LogP contribution in [0.1, 0.15) is 47.1 Å². The van der Waals surface area contributed by atoms with Gasteiger partial charge in [-0.05, 0) is 57.3 Å². The Labute approximate surface area is 171 Å². The molecule has 7 heteroatoms. The first-order valence-electron chi connectivity index (χ1n) is 9.87. The van der Waals surface area contributed by atoms with Crippen molar-refractivity contribution in [1.82, 2.24) is 4.98 Å². The SMILES string of the molecule is CCc1cc(B2OC(C)(C)C(C)(C)O2)ccc1-c1ccc(OCC(C)(F)F)cn1. The van der Waals surface area contributed by atoms with E-state index in [1.807, 2.05) is 39.8 Å². The second-order valence-electron chi connectivity index (χ2n) is 8.60. The first-order chi connectivity index (χ1) is 13.4. The molecule has 1 aromatic heterocycles. The molecule has 0 spiro atoms. The lowest BCUT2D eigenvalue weighted by molar-refractivity contribution is -0.0230. The van der Waals surface area contributed by atoms with Crippen molar-refractivity contribution in [2.75, 3.05) is 6.61 Å². The molecule has 2 heterocycles. The van der Waals surface area contributed by atoms with Gasteiger partial charge in [-0.3, -0.25) is 4.98 Å². The molecule has 0 aliphatic carbocycles. The molecule has 2 aromatic rings. The number of aryl methyl sites for hydroxylation is 1. The number of hydrogen-bond acceptors (Lipinski definition) is 4. The van der Waals surface area contributed by atoms with Gasteiger partial charge < -0.3 is 14.0 Å². The third-order valence-electron chi connectivity index (χ3n) is 5.54. The molecule has 0 unspecified atom stereocenters. The number of benzene rings is 1. The molecule has 156 valence electrons. The van der Waals surface area contributed by atoms with Gasteiger partial charge in [0.2, 0.25) is 0 Å². The summed E-state index contributed by atoms with van der Waals surface area (Å²) in [5.41, 5.74) is 3.04. The van der Waals surface area contributed by atoms with Crippen molar-refractivity contribution in [3.05, 3.63) is 42.1 Å². The quantitative estimate of drug-likeness (QED) is 0.659. The van der Waals surface area contributed by atoms with Crippen LogP contribution in [0.4, 0.5) is 8.78 Å². The van der Waals surface area contributed by atoms with Gasteiger partial charge in [0.1, 0.15) is 5.75 Å². The van der Waals surface area contributed by atoms with Crippen LogP contribution < -0.4 is 10.2 Å². The third-order valence-corrected chi connectivity index (χ3v) is 5.54. The molecular weight excluding hydrogens is 375 g/mol. The van der Waals surface area contributed by atoms with Crippen molar-refractivity contribution in [1.29, 1.82) is 0 Å². The Kier molecular flexibility index (Phi) is 5.76. The van der Waals surface area contributed by atoms with Crippen molar-refractivity contribution in [3.63, 3.8) is 0 Å². The van der Waals surface area contributed by atoms with E-state index in [9.17, 15) is 8.78 Å². The Balaban J connectivity index is 1.81. The lowest BCUT2D eigenvalue weighted by Gasteiger charge is -2.32. The Morgan fingerprint density at radius 1 is 1.07 bits per heavy atom. The maximum Gasteiger partial charge on any atom is 0.494 e. The monoisotopic (exact) mass is 403 g/mol. The number of ether oxygens (including phenoxy) is 1. The van der Waals surface area contributed by atoms with E-state index in [1.54, 1.807) is 12.1 Å². The fourth-order valence-corrected chi connectivity index (χ4v) is 3.12. The van der Waals surface area contributed by atoms with Crippen LogP contribution in [-0.2, 0) is 15.7 Å². The highest BCUT2D eigenvalue weighted by Crippen LogP contribution is 2.36. The third kappa shape index (κ3) is 4.78. The molecule has 3 rings (SSSR count). The lowest BCUT2D eigenvalue weighted by Crippen LogP contribution is -2.41. The number of hydrogen-bond donors (Lipinski definition) is 0. The average molecular weight is 403 g/mol. The Morgan fingerprint density at radius 2 is 1.72 bits per heavy atom. The minimum Gasteiger partial charge on any atom is -0.486 e. The van der Waals surface area contributed by atoms with Gasteiger partial charge in [0, 0.05) is 12.5 Å². The molecule has 0 saturated carbocycles. The van der Waals surface area contributed by atoms with Crippen molar-refractivity contribution in [2.24, 2.45) is 0 Å². The van der Waals surface area contributed by atoms with E-state index in [0.717, 1.165) is 35.6 Å². The number of rotatable bonds is 6. The normalized spacial score (nSPS) is 18.1. The van der Waals surface area contributed by atoms with Gasteiger partial charge >= 0.3 is 7.12 Å². The summed E-state index contributed by atoms with van der Waals surface area (Å²) in [7, 11) is -0.418. The van der Waals surface area contributed by atoms with Crippen molar-refractivity contribution < 1.29 is 22.8 Å². The zero-order valence-corrected chi connectivity index (χ0v) is 17.9. The Bertz CT molecular complexity index is 847. The second-order valence-corrected chi connectivity index (χ2v) is 8.60. The summed E-state index contributed by atoms with van der Waals surface area (Å²) >= 11 is 0. The molecule has 0 N–H and O–H groups in total. The largest absolute Gasteiger partial charge is 0.494 e. The Morgan fingerprint density at radius 3 is 2.24 bits per heavy atom. The van der Waals surface area contributed by atoms with Gasteiger partial charge in [0.25, 0.3) is 5.92 Å². The molecule has 1 saturated heterocycles. The Hall–Kier alpha value is -1.99. The summed E-state index contributed by atoms with van der Waals surface area (Å²) in [4.78, 5) is 4.40. The topological polar surface area (TPSA) is 40.6 Å². The number of pyridine rings is 1. The highest BCUT2D eigenvalue weighted by atomic mass is 19.3. The van der Waals surface area contributed by atoms with Gasteiger partial charge in [-0.1, -0.05) is 25.1 Å². The van der Waals surface area contributed by atoms with E-state index in [-0.39, 0.29) is 0 Å². The molecule has 29 heavy (non-hydrogen) atoms. The van der Waals surface area contributed by atoms with Crippen LogP contribution in [0.25, 0.3) is 11.3 Å². The molecule has 1 aliphatic heterocycles. The lowest BCUT2D eigenvalue weighted by atomic mass is 9.77. The summed E-state index contributed by atoms with van der Waals surface area (Å²) in [5.74, 6) is -2.56. The standard InChI is InChI=1S/C22H28BF2NO3/c1-7-15-12-16(23-28-20(2,3)21(4,5)29-23)8-10-18(15)19-11-9-17(13-26-19)27-14-22(6,24)25/h8-13H,7,14H2,1-6H3. The number of aromatic nitrogens is 1. The first-order valence-corrected chi connectivity index (χ1v) is 9.87. The number of halogens is 2. The fraction of sp³-hybridized carbons (Fsp3) is 0.500. The maximum atomic E-state index is 12.9. The zero-order valence-electron chi connectivity index (χ0n) is 17.9. The zero-order chi connectivity index (χ0) is 21.4. The van der Waals surface area contributed by atoms with Crippen LogP contribution >= 0.6 is 0 Å². The molecule has 0 amide bonds. The molecule has 1 fully saturated rings. The summed E-state index contributed by atoms with van der Waals surface area (Å²) in [5, 5.41) is 0. The summed E-state index contributed by atoms with van der Waals surface area (Å²) < 4.78 is 43.3. The van der Waals surface area contributed by atoms with Crippen LogP contribution in [0.5, 0.6) is 5.75 Å². The molecule has 0 atom stereocenters. The van der Waals surface area contributed by atoms with Crippen molar-refractivity contribution >= 4 is 12.6 Å². The van der Waals surface area contributed by atoms with E-state index in [1.165, 1.54) is 6.20 Å². The minimum absolute atomic E-state index is 0.321. The van der Waals surface area contributed by atoms with E-state index >= 15 is 0 Å². The molecule has 1 aliphatic rings. The molecule has 4 nitrogen and oxygen atoms in total. The molecular formula is C22H28BF2NO3. The van der Waals surface area contributed by atoms with Crippen LogP contribution in [0.3, 0.4) is 0 Å². The van der Waals surface area contributed by atoms with Gasteiger partial charge in [0.15, 0.2) is 6.61 Å². The van der Waals surface area contributed by atoms with Gasteiger partial charge in [-0.25, -0.2) is 8.78 Å². The van der Waals surface area contributed by atoms with Gasteiger partial charge in [-0.15, -0.1) is 0 Å². The van der Waals surface area contributed by atoms with Crippen LogP contribution in [0, 0.1) is 0 Å². The number of alkyl halides is 2. The summed E-state index contributed by atoms with van der Waals surface area (Å²) in [6.07, 6.45) is 2.29. The van der Waals surface area contributed by atoms with Crippen molar-refractivity contribution in [2.45, 2.75) is 65.1 Å². The summed E-state index contributed by atoms with van der Waals surface area (Å²) in [6.45, 7) is 10.4.